The van der Waals surface area contributed by atoms with E-state index in [-0.39, 0.29) is 18.9 Å². The molecule has 3 rings (SSSR count). The number of carbonyl (C=O) groups is 1. The maximum absolute atomic E-state index is 13.3. The van der Waals surface area contributed by atoms with Crippen LogP contribution in [0.5, 0.6) is 0 Å². The summed E-state index contributed by atoms with van der Waals surface area (Å²) < 4.78 is 34.1. The van der Waals surface area contributed by atoms with Gasteiger partial charge in [0.2, 0.25) is 5.91 Å². The fourth-order valence-electron chi connectivity index (χ4n) is 10.1. The van der Waals surface area contributed by atoms with Crippen molar-refractivity contribution in [3.05, 3.63) is 36.5 Å². The van der Waals surface area contributed by atoms with Crippen LogP contribution in [0.3, 0.4) is 0 Å². The highest BCUT2D eigenvalue weighted by molar-refractivity contribution is 5.76. The van der Waals surface area contributed by atoms with Crippen LogP contribution in [0.15, 0.2) is 36.5 Å². The van der Waals surface area contributed by atoms with Crippen molar-refractivity contribution in [2.24, 2.45) is 0 Å². The Kier molecular flexibility index (Phi) is 37.7. The van der Waals surface area contributed by atoms with Crippen LogP contribution in [0.4, 0.5) is 0 Å². The molecular formula is C58H105NO18. The number of allylic oxidation sites excluding steroid dienone is 5. The van der Waals surface area contributed by atoms with Gasteiger partial charge in [-0.05, 0) is 39.0 Å². The molecule has 0 spiro atoms. The van der Waals surface area contributed by atoms with Crippen LogP contribution in [0, 0.1) is 0 Å². The van der Waals surface area contributed by atoms with Crippen molar-refractivity contribution in [1.82, 2.24) is 5.32 Å². The van der Waals surface area contributed by atoms with Gasteiger partial charge in [0.05, 0.1) is 38.6 Å². The minimum Gasteiger partial charge on any atom is -0.394 e. The van der Waals surface area contributed by atoms with E-state index in [0.717, 1.165) is 38.5 Å². The monoisotopic (exact) mass is 1100 g/mol. The topological polar surface area (TPSA) is 307 Å². The fraction of sp³-hybridized carbons (Fsp3) is 0.879. The zero-order valence-corrected chi connectivity index (χ0v) is 46.7. The van der Waals surface area contributed by atoms with Gasteiger partial charge in [-0.2, -0.15) is 0 Å². The van der Waals surface area contributed by atoms with Gasteiger partial charge in [-0.15, -0.1) is 0 Å². The van der Waals surface area contributed by atoms with Gasteiger partial charge in [0, 0.05) is 6.42 Å². The minimum absolute atomic E-state index is 0.235. The molecule has 0 bridgehead atoms. The summed E-state index contributed by atoms with van der Waals surface area (Å²) in [6.07, 6.45) is 17.6. The molecule has 0 aromatic carbocycles. The standard InChI is InChI=1S/C58H105NO18/c1-3-5-7-9-11-13-14-15-16-17-18-19-20-21-22-23-24-25-26-28-30-32-34-36-46(64)59-41(42(63)35-33-31-29-27-12-10-8-6-4-2)40-72-56-52(70)49(67)54(44(38-61)74-56)77-58-53(71)50(68)55(45(39-62)75-58)76-57-51(69)48(66)47(65)43(37-60)73-57/h4,6,12,27,33,35,41-45,47-58,60-63,65-71H,3,5,7-11,13-26,28-32,34,36-40H2,1-2H3,(H,59,64)/b6-4+,27-12+,35-33+. The first kappa shape index (κ1) is 69.3. The number of carbonyl (C=O) groups excluding carboxylic acids is 1. The van der Waals surface area contributed by atoms with E-state index in [4.69, 9.17) is 28.4 Å². The average molecular weight is 1100 g/mol. The molecule has 3 aliphatic rings. The van der Waals surface area contributed by atoms with Gasteiger partial charge in [-0.25, -0.2) is 0 Å². The molecule has 450 valence electrons. The van der Waals surface area contributed by atoms with Crippen molar-refractivity contribution in [1.29, 1.82) is 0 Å². The second kappa shape index (κ2) is 41.9. The molecular weight excluding hydrogens is 999 g/mol. The highest BCUT2D eigenvalue weighted by Crippen LogP contribution is 2.33. The lowest BCUT2D eigenvalue weighted by Crippen LogP contribution is -2.66. The molecule has 0 saturated carbocycles. The highest BCUT2D eigenvalue weighted by Gasteiger charge is 2.53. The third-order valence-electron chi connectivity index (χ3n) is 15.0. The Hall–Kier alpha value is -1.99. The summed E-state index contributed by atoms with van der Waals surface area (Å²) in [4.78, 5) is 13.3. The molecule has 3 saturated heterocycles. The van der Waals surface area contributed by atoms with Gasteiger partial charge in [0.1, 0.15) is 73.2 Å². The van der Waals surface area contributed by atoms with Crippen LogP contribution in [0.25, 0.3) is 0 Å². The number of unbranched alkanes of at least 4 members (excludes halogenated alkanes) is 24. The Morgan fingerprint density at radius 1 is 0.481 bits per heavy atom. The summed E-state index contributed by atoms with van der Waals surface area (Å²) in [6.45, 7) is 1.45. The van der Waals surface area contributed by atoms with E-state index in [1.54, 1.807) is 6.08 Å². The second-order valence-electron chi connectivity index (χ2n) is 21.5. The molecule has 19 heteroatoms. The van der Waals surface area contributed by atoms with Crippen LogP contribution < -0.4 is 5.32 Å². The molecule has 77 heavy (non-hydrogen) atoms. The maximum Gasteiger partial charge on any atom is 0.220 e. The number of aliphatic hydroxyl groups excluding tert-OH is 11. The number of rotatable bonds is 43. The fourth-order valence-corrected chi connectivity index (χ4v) is 10.1. The quantitative estimate of drug-likeness (QED) is 0.0285. The Labute approximate surface area is 460 Å². The first-order valence-electron chi connectivity index (χ1n) is 29.7. The van der Waals surface area contributed by atoms with E-state index in [0.29, 0.717) is 12.8 Å². The lowest BCUT2D eigenvalue weighted by Gasteiger charge is -2.48. The van der Waals surface area contributed by atoms with E-state index in [2.05, 4.69) is 30.5 Å². The summed E-state index contributed by atoms with van der Waals surface area (Å²) >= 11 is 0. The zero-order chi connectivity index (χ0) is 56.2. The van der Waals surface area contributed by atoms with Crippen LogP contribution in [0.2, 0.25) is 0 Å². The number of hydrogen-bond acceptors (Lipinski definition) is 18. The Bertz CT molecular complexity index is 1550. The first-order valence-corrected chi connectivity index (χ1v) is 29.7. The summed E-state index contributed by atoms with van der Waals surface area (Å²) in [7, 11) is 0. The lowest BCUT2D eigenvalue weighted by molar-refractivity contribution is -0.379. The molecule has 3 heterocycles. The minimum atomic E-state index is -1.98. The first-order chi connectivity index (χ1) is 37.3. The number of ether oxygens (including phenoxy) is 6. The molecule has 1 amide bonds. The SMILES string of the molecule is C/C=C/CC/C=C/CC/C=C/C(O)C(COC1OC(CO)C(OC2OC(CO)C(OC3OC(CO)C(O)C(O)C3O)C(O)C2O)C(O)C1O)NC(=O)CCCCCCCCCCCCCCCCCCCCCCCCC. The molecule has 0 radical (unpaired) electrons. The van der Waals surface area contributed by atoms with Gasteiger partial charge >= 0.3 is 0 Å². The molecule has 3 fully saturated rings. The number of hydrogen-bond donors (Lipinski definition) is 12. The largest absolute Gasteiger partial charge is 0.394 e. The summed E-state index contributed by atoms with van der Waals surface area (Å²) in [5.74, 6) is -0.291. The molecule has 0 aliphatic carbocycles. The third-order valence-corrected chi connectivity index (χ3v) is 15.0. The number of nitrogens with one attached hydrogen (secondary N) is 1. The molecule has 17 atom stereocenters. The van der Waals surface area contributed by atoms with E-state index in [1.807, 2.05) is 19.1 Å². The smallest absolute Gasteiger partial charge is 0.220 e. The van der Waals surface area contributed by atoms with Crippen molar-refractivity contribution < 1.29 is 89.4 Å². The van der Waals surface area contributed by atoms with Gasteiger partial charge in [-0.3, -0.25) is 4.79 Å². The van der Waals surface area contributed by atoms with E-state index in [1.165, 1.54) is 122 Å². The summed E-state index contributed by atoms with van der Waals surface area (Å²) in [6, 6.07) is -0.991. The van der Waals surface area contributed by atoms with E-state index >= 15 is 0 Å². The van der Waals surface area contributed by atoms with Crippen molar-refractivity contribution in [2.75, 3.05) is 26.4 Å². The van der Waals surface area contributed by atoms with Crippen molar-refractivity contribution in [3.63, 3.8) is 0 Å². The third kappa shape index (κ3) is 26.2. The Balaban J connectivity index is 1.44. The Morgan fingerprint density at radius 3 is 1.30 bits per heavy atom. The predicted octanol–water partition coefficient (Wildman–Crippen LogP) is 4.93. The normalized spacial score (nSPS) is 30.9. The van der Waals surface area contributed by atoms with Crippen molar-refractivity contribution in [3.8, 4) is 0 Å². The molecule has 19 nitrogen and oxygen atoms in total. The van der Waals surface area contributed by atoms with Crippen molar-refractivity contribution >= 4 is 5.91 Å². The summed E-state index contributed by atoms with van der Waals surface area (Å²) in [5.41, 5.74) is 0. The van der Waals surface area contributed by atoms with Gasteiger partial charge in [0.25, 0.3) is 0 Å². The van der Waals surface area contributed by atoms with Crippen LogP contribution in [-0.2, 0) is 33.2 Å². The second-order valence-corrected chi connectivity index (χ2v) is 21.5. The number of aliphatic hydroxyl groups is 11. The zero-order valence-electron chi connectivity index (χ0n) is 46.7. The van der Waals surface area contributed by atoms with Crippen molar-refractivity contribution in [2.45, 2.75) is 298 Å². The predicted molar refractivity (Wildman–Crippen MR) is 291 cm³/mol. The van der Waals surface area contributed by atoms with E-state index in [9.17, 15) is 61.0 Å². The van der Waals surface area contributed by atoms with Gasteiger partial charge < -0.3 is 89.9 Å². The lowest BCUT2D eigenvalue weighted by atomic mass is 9.96. The van der Waals surface area contributed by atoms with Crippen LogP contribution in [0.1, 0.15) is 194 Å². The molecule has 0 aromatic rings. The summed E-state index contributed by atoms with van der Waals surface area (Å²) in [5, 5.41) is 120. The van der Waals surface area contributed by atoms with Gasteiger partial charge in [0.15, 0.2) is 18.9 Å². The maximum atomic E-state index is 13.3. The molecule has 0 aromatic heterocycles. The molecule has 12 N–H and O–H groups in total. The number of amides is 1. The molecule has 17 unspecified atom stereocenters. The highest BCUT2D eigenvalue weighted by atomic mass is 16.8. The average Bonchev–Trinajstić information content (AvgIpc) is 3.43. The Morgan fingerprint density at radius 2 is 0.857 bits per heavy atom. The van der Waals surface area contributed by atoms with Gasteiger partial charge in [-0.1, -0.05) is 185 Å². The van der Waals surface area contributed by atoms with E-state index < -0.39 is 124 Å². The van der Waals surface area contributed by atoms with Crippen LogP contribution >= 0.6 is 0 Å². The van der Waals surface area contributed by atoms with Crippen LogP contribution in [-0.4, -0.2) is 193 Å². The molecule has 3 aliphatic heterocycles.